The first-order valence-electron chi connectivity index (χ1n) is 6.42. The zero-order chi connectivity index (χ0) is 17.7. The van der Waals surface area contributed by atoms with E-state index in [0.29, 0.717) is 0 Å². The second-order valence-corrected chi connectivity index (χ2v) is 3.33. The first-order valence-corrected chi connectivity index (χ1v) is 6.42. The summed E-state index contributed by atoms with van der Waals surface area (Å²) >= 11 is 0. The Morgan fingerprint density at radius 3 is 0.704 bits per heavy atom. The second-order valence-electron chi connectivity index (χ2n) is 3.33. The van der Waals surface area contributed by atoms with Gasteiger partial charge in [-0.25, -0.2) is 19.9 Å². The van der Waals surface area contributed by atoms with E-state index < -0.39 is 7.32 Å². The third-order valence-electron chi connectivity index (χ3n) is 1.62. The van der Waals surface area contributed by atoms with Gasteiger partial charge < -0.3 is 35.0 Å². The van der Waals surface area contributed by atoms with Crippen LogP contribution < -0.4 is 104 Å². The van der Waals surface area contributed by atoms with Crippen molar-refractivity contribution in [1.82, 2.24) is 39.9 Å². The summed E-state index contributed by atoms with van der Waals surface area (Å²) in [5, 5.41) is 25.2. The van der Waals surface area contributed by atoms with Crippen LogP contribution in [0.15, 0.2) is 74.9 Å². The number of aromatic nitrogens is 8. The van der Waals surface area contributed by atoms with Crippen LogP contribution in [0.1, 0.15) is 0 Å². The van der Waals surface area contributed by atoms with Crippen LogP contribution in [0.25, 0.3) is 0 Å². The molecule has 4 rings (SSSR count). The average molecular weight is 400 g/mol. The zero-order valence-electron chi connectivity index (χ0n) is 15.5. The van der Waals surface area contributed by atoms with E-state index in [-0.39, 0.29) is 88.7 Å². The molecule has 0 aliphatic heterocycles. The van der Waals surface area contributed by atoms with Gasteiger partial charge in [-0.15, -0.1) is 0 Å². The SMILES string of the molecule is [Na+].[Na+].[Na+].[O-]B([O-])[O-].c1c[nH]cn1.c1c[nH]cn1.c1c[nH]cn1.c1c[nH]cn1. The molecule has 0 bridgehead atoms. The van der Waals surface area contributed by atoms with Crippen molar-refractivity contribution in [3.63, 3.8) is 0 Å². The first-order chi connectivity index (χ1) is 11.7. The summed E-state index contributed by atoms with van der Waals surface area (Å²) in [6.07, 6.45) is 20.3. The van der Waals surface area contributed by atoms with Crippen LogP contribution in [0.5, 0.6) is 0 Å². The Kier molecular flexibility index (Phi) is 38.8. The van der Waals surface area contributed by atoms with Crippen molar-refractivity contribution in [3.8, 4) is 0 Å². The van der Waals surface area contributed by atoms with E-state index in [1.165, 1.54) is 0 Å². The Labute approximate surface area is 223 Å². The fourth-order valence-corrected chi connectivity index (χ4v) is 0.861. The predicted molar refractivity (Wildman–Crippen MR) is 80.1 cm³/mol. The Balaban J connectivity index is -0.000000120. The van der Waals surface area contributed by atoms with Crippen LogP contribution in [0, 0.1) is 0 Å². The molecule has 0 amide bonds. The van der Waals surface area contributed by atoms with E-state index in [1.54, 1.807) is 74.9 Å². The molecule has 0 radical (unpaired) electrons. The van der Waals surface area contributed by atoms with Crippen molar-refractivity contribution in [2.45, 2.75) is 0 Å². The molecule has 4 N–H and O–H groups in total. The van der Waals surface area contributed by atoms with Gasteiger partial charge in [0.15, 0.2) is 0 Å². The summed E-state index contributed by atoms with van der Waals surface area (Å²) in [7, 11) is -2.92. The first kappa shape index (κ1) is 34.3. The van der Waals surface area contributed by atoms with Crippen LogP contribution in [0.4, 0.5) is 0 Å². The molecule has 4 heterocycles. The Morgan fingerprint density at radius 1 is 0.481 bits per heavy atom. The van der Waals surface area contributed by atoms with Crippen LogP contribution in [0.3, 0.4) is 0 Å². The Hall–Kier alpha value is -0.215. The number of H-pyrrole nitrogens is 4. The minimum Gasteiger partial charge on any atom is -0.907 e. The van der Waals surface area contributed by atoms with Crippen molar-refractivity contribution < 1.29 is 104 Å². The molecule has 0 aromatic carbocycles. The van der Waals surface area contributed by atoms with Gasteiger partial charge in [0, 0.05) is 49.6 Å². The molecule has 0 saturated heterocycles. The van der Waals surface area contributed by atoms with Gasteiger partial charge >= 0.3 is 88.7 Å². The monoisotopic (exact) mass is 400 g/mol. The average Bonchev–Trinajstić information content (AvgIpc) is 3.46. The number of rotatable bonds is 0. The van der Waals surface area contributed by atoms with Crippen LogP contribution in [-0.2, 0) is 0 Å². The molecule has 27 heavy (non-hydrogen) atoms. The molecule has 4 aromatic rings. The number of hydrogen-bond acceptors (Lipinski definition) is 7. The maximum absolute atomic E-state index is 8.42. The van der Waals surface area contributed by atoms with Crippen molar-refractivity contribution >= 4 is 7.32 Å². The molecule has 0 aliphatic carbocycles. The van der Waals surface area contributed by atoms with Gasteiger partial charge in [0.05, 0.1) is 25.3 Å². The second kappa shape index (κ2) is 30.5. The summed E-state index contributed by atoms with van der Waals surface area (Å²) in [5.41, 5.74) is 0. The number of imidazole rings is 4. The van der Waals surface area contributed by atoms with Crippen LogP contribution >= 0.6 is 0 Å². The molecule has 0 spiro atoms. The van der Waals surface area contributed by atoms with E-state index in [1.807, 2.05) is 0 Å². The van der Waals surface area contributed by atoms with Gasteiger partial charge in [-0.3, -0.25) is 7.32 Å². The summed E-state index contributed by atoms with van der Waals surface area (Å²) in [6, 6.07) is 0. The summed E-state index contributed by atoms with van der Waals surface area (Å²) in [5.74, 6) is 0. The largest absolute Gasteiger partial charge is 1.00 e. The minimum absolute atomic E-state index is 0. The Bertz CT molecular complexity index is 421. The van der Waals surface area contributed by atoms with E-state index >= 15 is 0 Å². The van der Waals surface area contributed by atoms with Crippen LogP contribution in [-0.4, -0.2) is 47.2 Å². The molecule has 0 unspecified atom stereocenters. The van der Waals surface area contributed by atoms with Crippen molar-refractivity contribution in [1.29, 1.82) is 0 Å². The molecule has 0 saturated carbocycles. The number of nitrogens with zero attached hydrogens (tertiary/aromatic N) is 4. The molecular formula is C12H16BN8Na3O3. The summed E-state index contributed by atoms with van der Waals surface area (Å²) in [6.45, 7) is 0. The molecule has 0 atom stereocenters. The zero-order valence-corrected chi connectivity index (χ0v) is 21.5. The quantitative estimate of drug-likeness (QED) is 0.211. The summed E-state index contributed by atoms with van der Waals surface area (Å²) < 4.78 is 0. The minimum atomic E-state index is -2.92. The van der Waals surface area contributed by atoms with Gasteiger partial charge in [-0.1, -0.05) is 0 Å². The third kappa shape index (κ3) is 37.3. The van der Waals surface area contributed by atoms with Gasteiger partial charge in [-0.2, -0.15) is 0 Å². The van der Waals surface area contributed by atoms with Crippen molar-refractivity contribution in [2.75, 3.05) is 0 Å². The third-order valence-corrected chi connectivity index (χ3v) is 1.62. The van der Waals surface area contributed by atoms with E-state index in [2.05, 4.69) is 39.9 Å². The smallest absolute Gasteiger partial charge is 0.907 e. The summed E-state index contributed by atoms with van der Waals surface area (Å²) in [4.78, 5) is 25.7. The molecule has 11 nitrogen and oxygen atoms in total. The fourth-order valence-electron chi connectivity index (χ4n) is 0.861. The van der Waals surface area contributed by atoms with Crippen LogP contribution in [0.2, 0.25) is 0 Å². The van der Waals surface area contributed by atoms with Gasteiger partial charge in [0.25, 0.3) is 0 Å². The standard InChI is InChI=1S/4C3H4N2.BO3.3Na/c4*1-2-5-3-4-1;2-1(3)4;;;/h4*1-3H,(H,4,5);;;;/q;;;;-3;3*+1. The maximum Gasteiger partial charge on any atom is 1.00 e. The number of nitrogens with one attached hydrogen (secondary N) is 4. The predicted octanol–water partition coefficient (Wildman–Crippen LogP) is -11.3. The van der Waals surface area contributed by atoms with Crippen molar-refractivity contribution in [3.05, 3.63) is 74.9 Å². The van der Waals surface area contributed by atoms with Crippen molar-refractivity contribution in [2.24, 2.45) is 0 Å². The topological polar surface area (TPSA) is 184 Å². The van der Waals surface area contributed by atoms with E-state index in [9.17, 15) is 0 Å². The van der Waals surface area contributed by atoms with Gasteiger partial charge in [0.1, 0.15) is 0 Å². The molecule has 0 fully saturated rings. The maximum atomic E-state index is 8.42. The van der Waals surface area contributed by atoms with Gasteiger partial charge in [0.2, 0.25) is 0 Å². The molecule has 128 valence electrons. The normalized spacial score (nSPS) is 6.93. The van der Waals surface area contributed by atoms with E-state index in [4.69, 9.17) is 15.1 Å². The molecular weight excluding hydrogens is 384 g/mol. The number of aromatic amines is 4. The molecule has 4 aromatic heterocycles. The number of hydrogen-bond donors (Lipinski definition) is 4. The molecule has 0 aliphatic rings. The van der Waals surface area contributed by atoms with Gasteiger partial charge in [-0.05, 0) is 0 Å². The fraction of sp³-hybridized carbons (Fsp3) is 0. The van der Waals surface area contributed by atoms with E-state index in [0.717, 1.165) is 0 Å². The molecule has 15 heteroatoms. The Morgan fingerprint density at radius 2 is 0.667 bits per heavy atom.